The minimum Gasteiger partial charge on any atom is -0.481 e. The van der Waals surface area contributed by atoms with Crippen LogP contribution in [0.1, 0.15) is 25.7 Å². The molecule has 30 heavy (non-hydrogen) atoms. The second-order valence-electron chi connectivity index (χ2n) is 6.16. The second kappa shape index (κ2) is 14.2. The van der Waals surface area contributed by atoms with Crippen LogP contribution in [0.15, 0.2) is 0 Å². The molecule has 0 rings (SSSR count). The molecule has 0 radical (unpaired) electrons. The number of amides is 3. The van der Waals surface area contributed by atoms with E-state index in [9.17, 15) is 28.8 Å². The number of carboxylic acids is 3. The van der Waals surface area contributed by atoms with E-state index in [4.69, 9.17) is 21.1 Å². The average molecular weight is 450 g/mol. The molecule has 0 bridgehead atoms. The summed E-state index contributed by atoms with van der Waals surface area (Å²) >= 11 is 1.40. The molecule has 0 saturated carbocycles. The first kappa shape index (κ1) is 27.1. The Morgan fingerprint density at radius 2 is 1.53 bits per heavy atom. The molecule has 0 aliphatic rings. The molecule has 0 aromatic rings. The van der Waals surface area contributed by atoms with Gasteiger partial charge in [0.25, 0.3) is 0 Å². The van der Waals surface area contributed by atoms with Gasteiger partial charge in [0.05, 0.1) is 19.0 Å². The van der Waals surface area contributed by atoms with Crippen molar-refractivity contribution in [1.29, 1.82) is 0 Å². The number of nitrogens with two attached hydrogens (primary N) is 1. The van der Waals surface area contributed by atoms with E-state index in [2.05, 4.69) is 10.6 Å². The first-order chi connectivity index (χ1) is 14.0. The van der Waals surface area contributed by atoms with E-state index in [0.29, 0.717) is 5.75 Å². The van der Waals surface area contributed by atoms with Crippen molar-refractivity contribution in [2.45, 2.75) is 43.8 Å². The molecule has 0 spiro atoms. The lowest BCUT2D eigenvalue weighted by molar-refractivity contribution is -0.147. The largest absolute Gasteiger partial charge is 0.481 e. The molecule has 0 heterocycles. The van der Waals surface area contributed by atoms with Crippen LogP contribution < -0.4 is 21.7 Å². The zero-order chi connectivity index (χ0) is 23.3. The van der Waals surface area contributed by atoms with Crippen LogP contribution in [-0.4, -0.2) is 87.6 Å². The highest BCUT2D eigenvalue weighted by Gasteiger charge is 2.26. The molecule has 14 heteroatoms. The Labute approximate surface area is 176 Å². The van der Waals surface area contributed by atoms with Crippen molar-refractivity contribution in [3.63, 3.8) is 0 Å². The van der Waals surface area contributed by atoms with Gasteiger partial charge in [-0.05, 0) is 24.9 Å². The molecule has 170 valence electrons. The number of thioether (sulfide) groups is 1. The standard InChI is InChI=1S/C16H26N4O9S/c1-30-5-4-9(20-14(26)8(17)2-3-12(22)23)15(27)18-7-11(21)19-10(16(28)29)6-13(24)25/h8-10H,2-7,17H2,1H3,(H,18,27)(H,19,21)(H,20,26)(H,22,23)(H,24,25)(H,28,29). The van der Waals surface area contributed by atoms with Crippen molar-refractivity contribution in [2.24, 2.45) is 5.73 Å². The van der Waals surface area contributed by atoms with Crippen LogP contribution in [0.5, 0.6) is 0 Å². The van der Waals surface area contributed by atoms with Gasteiger partial charge in [-0.2, -0.15) is 11.8 Å². The van der Waals surface area contributed by atoms with Crippen molar-refractivity contribution < 1.29 is 44.1 Å². The van der Waals surface area contributed by atoms with Crippen molar-refractivity contribution in [2.75, 3.05) is 18.6 Å². The lowest BCUT2D eigenvalue weighted by Gasteiger charge is -2.20. The molecule has 0 aromatic carbocycles. The lowest BCUT2D eigenvalue weighted by Crippen LogP contribution is -2.53. The Morgan fingerprint density at radius 3 is 2.03 bits per heavy atom. The fourth-order valence-electron chi connectivity index (χ4n) is 2.10. The van der Waals surface area contributed by atoms with E-state index in [-0.39, 0.29) is 19.3 Å². The molecule has 0 saturated heterocycles. The number of hydrogen-bond acceptors (Lipinski definition) is 8. The SMILES string of the molecule is CSCCC(NC(=O)C(N)CCC(=O)O)C(=O)NCC(=O)NC(CC(=O)O)C(=O)O. The van der Waals surface area contributed by atoms with Crippen molar-refractivity contribution >= 4 is 47.4 Å². The summed E-state index contributed by atoms with van der Waals surface area (Å²) in [5.41, 5.74) is 5.61. The molecule has 3 atom stereocenters. The Bertz CT molecular complexity index is 659. The molecule has 13 nitrogen and oxygen atoms in total. The highest BCUT2D eigenvalue weighted by atomic mass is 32.2. The summed E-state index contributed by atoms with van der Waals surface area (Å²) in [5, 5.41) is 32.8. The molecule has 0 aromatic heterocycles. The van der Waals surface area contributed by atoms with Gasteiger partial charge in [-0.3, -0.25) is 24.0 Å². The van der Waals surface area contributed by atoms with Crippen molar-refractivity contribution in [1.82, 2.24) is 16.0 Å². The van der Waals surface area contributed by atoms with Crippen LogP contribution in [0.2, 0.25) is 0 Å². The van der Waals surface area contributed by atoms with Gasteiger partial charge in [0.2, 0.25) is 17.7 Å². The van der Waals surface area contributed by atoms with Crippen LogP contribution >= 0.6 is 11.8 Å². The monoisotopic (exact) mass is 450 g/mol. The smallest absolute Gasteiger partial charge is 0.326 e. The molecule has 0 aliphatic heterocycles. The highest BCUT2D eigenvalue weighted by Crippen LogP contribution is 2.03. The van der Waals surface area contributed by atoms with Crippen LogP contribution in [0.3, 0.4) is 0 Å². The number of carbonyl (C=O) groups is 6. The van der Waals surface area contributed by atoms with Crippen LogP contribution in [0.4, 0.5) is 0 Å². The third kappa shape index (κ3) is 11.9. The zero-order valence-corrected chi connectivity index (χ0v) is 17.1. The topological polar surface area (TPSA) is 225 Å². The minimum atomic E-state index is -1.66. The van der Waals surface area contributed by atoms with Gasteiger partial charge < -0.3 is 37.0 Å². The van der Waals surface area contributed by atoms with Gasteiger partial charge in [0.15, 0.2) is 0 Å². The Hall–Kier alpha value is -2.87. The molecule has 3 amide bonds. The molecular formula is C16H26N4O9S. The number of aliphatic carboxylic acids is 3. The number of carbonyl (C=O) groups excluding carboxylic acids is 3. The maximum Gasteiger partial charge on any atom is 0.326 e. The van der Waals surface area contributed by atoms with Crippen LogP contribution in [0, 0.1) is 0 Å². The number of nitrogens with one attached hydrogen (secondary N) is 3. The maximum atomic E-state index is 12.3. The average Bonchev–Trinajstić information content (AvgIpc) is 2.66. The molecule has 3 unspecified atom stereocenters. The van der Waals surface area contributed by atoms with Gasteiger partial charge >= 0.3 is 17.9 Å². The van der Waals surface area contributed by atoms with Gasteiger partial charge in [-0.1, -0.05) is 0 Å². The first-order valence-electron chi connectivity index (χ1n) is 8.76. The summed E-state index contributed by atoms with van der Waals surface area (Å²) in [7, 11) is 0. The normalized spacial score (nSPS) is 13.4. The second-order valence-corrected chi connectivity index (χ2v) is 7.14. The lowest BCUT2D eigenvalue weighted by atomic mass is 10.1. The quantitative estimate of drug-likeness (QED) is 0.139. The summed E-state index contributed by atoms with van der Waals surface area (Å²) in [5.74, 6) is -6.00. The third-order valence-electron chi connectivity index (χ3n) is 3.68. The molecule has 8 N–H and O–H groups in total. The zero-order valence-electron chi connectivity index (χ0n) is 16.3. The minimum absolute atomic E-state index is 0.124. The molecule has 0 aliphatic carbocycles. The van der Waals surface area contributed by atoms with E-state index in [1.807, 2.05) is 5.32 Å². The van der Waals surface area contributed by atoms with E-state index >= 15 is 0 Å². The Morgan fingerprint density at radius 1 is 0.900 bits per heavy atom. The van der Waals surface area contributed by atoms with Crippen LogP contribution in [-0.2, 0) is 28.8 Å². The summed E-state index contributed by atoms with van der Waals surface area (Å²) in [4.78, 5) is 68.3. The fourth-order valence-corrected chi connectivity index (χ4v) is 2.58. The van der Waals surface area contributed by atoms with Gasteiger partial charge in [0.1, 0.15) is 12.1 Å². The number of carboxylic acid groups (broad SMARTS) is 3. The van der Waals surface area contributed by atoms with E-state index in [1.165, 1.54) is 11.8 Å². The van der Waals surface area contributed by atoms with E-state index < -0.39 is 66.7 Å². The van der Waals surface area contributed by atoms with E-state index in [1.54, 1.807) is 6.26 Å². The third-order valence-corrected chi connectivity index (χ3v) is 4.33. The predicted molar refractivity (Wildman–Crippen MR) is 105 cm³/mol. The Kier molecular flexibility index (Phi) is 12.8. The molecule has 0 fully saturated rings. The number of rotatable bonds is 15. The van der Waals surface area contributed by atoms with Gasteiger partial charge in [0, 0.05) is 6.42 Å². The summed E-state index contributed by atoms with van der Waals surface area (Å²) in [6.07, 6.45) is 0.688. The summed E-state index contributed by atoms with van der Waals surface area (Å²) < 4.78 is 0. The predicted octanol–water partition coefficient (Wildman–Crippen LogP) is -2.42. The molecular weight excluding hydrogens is 424 g/mol. The Balaban J connectivity index is 4.80. The van der Waals surface area contributed by atoms with Crippen molar-refractivity contribution in [3.8, 4) is 0 Å². The number of hydrogen-bond donors (Lipinski definition) is 7. The van der Waals surface area contributed by atoms with Gasteiger partial charge in [-0.25, -0.2) is 4.79 Å². The fraction of sp³-hybridized carbons (Fsp3) is 0.625. The van der Waals surface area contributed by atoms with Gasteiger partial charge in [-0.15, -0.1) is 0 Å². The summed E-state index contributed by atoms with van der Waals surface area (Å²) in [6, 6.07) is -3.85. The van der Waals surface area contributed by atoms with Crippen LogP contribution in [0.25, 0.3) is 0 Å². The highest BCUT2D eigenvalue weighted by molar-refractivity contribution is 7.98. The van der Waals surface area contributed by atoms with Crippen molar-refractivity contribution in [3.05, 3.63) is 0 Å². The van der Waals surface area contributed by atoms with E-state index in [0.717, 1.165) is 0 Å². The first-order valence-corrected chi connectivity index (χ1v) is 10.2. The maximum absolute atomic E-state index is 12.3. The summed E-state index contributed by atoms with van der Waals surface area (Å²) in [6.45, 7) is -0.640.